The molecule has 0 unspecified atom stereocenters. The summed E-state index contributed by atoms with van der Waals surface area (Å²) >= 11 is 0. The molecule has 36 heavy (non-hydrogen) atoms. The minimum Gasteiger partial charge on any atom is -0.435 e. The van der Waals surface area contributed by atoms with Gasteiger partial charge in [-0.25, -0.2) is 8.78 Å². The molecule has 11 heteroatoms. The topological polar surface area (TPSA) is 68.5 Å². The van der Waals surface area contributed by atoms with Gasteiger partial charge in [-0.2, -0.15) is 13.8 Å². The quantitative estimate of drug-likeness (QED) is 0.176. The molecule has 0 aliphatic rings. The summed E-state index contributed by atoms with van der Waals surface area (Å²) in [6, 6.07) is 13.3. The molecule has 3 rings (SSSR count). The number of hydrogen-bond donors (Lipinski definition) is 0. The molecular formula is C25H26F5N3O3. The molecule has 0 atom stereocenters. The van der Waals surface area contributed by atoms with Gasteiger partial charge in [-0.05, 0) is 54.7 Å². The molecular weight excluding hydrogens is 485 g/mol. The number of anilines is 1. The van der Waals surface area contributed by atoms with Gasteiger partial charge >= 0.3 is 13.0 Å². The highest BCUT2D eigenvalue weighted by atomic mass is 19.3. The number of hydrogen-bond acceptors (Lipinski definition) is 5. The van der Waals surface area contributed by atoms with Crippen molar-refractivity contribution in [1.82, 2.24) is 10.1 Å². The van der Waals surface area contributed by atoms with Crippen molar-refractivity contribution in [2.24, 2.45) is 0 Å². The molecule has 0 aliphatic heterocycles. The number of carbonyl (C=O) groups is 1. The predicted octanol–water partition coefficient (Wildman–Crippen LogP) is 6.77. The summed E-state index contributed by atoms with van der Waals surface area (Å²) in [6.45, 7) is -3.13. The molecule has 3 aromatic rings. The number of aryl methyl sites for hydroxylation is 1. The molecule has 0 bridgehead atoms. The van der Waals surface area contributed by atoms with E-state index in [0.717, 1.165) is 11.1 Å². The highest BCUT2D eigenvalue weighted by molar-refractivity contribution is 5.94. The Balaban J connectivity index is 1.64. The number of ether oxygens (including phenoxy) is 1. The Labute approximate surface area is 205 Å². The second-order valence-corrected chi connectivity index (χ2v) is 7.95. The Bertz CT molecular complexity index is 1090. The molecule has 6 nitrogen and oxygen atoms in total. The monoisotopic (exact) mass is 511 g/mol. The largest absolute Gasteiger partial charge is 0.435 e. The number of amides is 1. The Hall–Kier alpha value is -3.50. The molecule has 0 saturated heterocycles. The fourth-order valence-corrected chi connectivity index (χ4v) is 3.61. The van der Waals surface area contributed by atoms with Crippen molar-refractivity contribution in [1.29, 1.82) is 0 Å². The van der Waals surface area contributed by atoms with Crippen LogP contribution >= 0.6 is 0 Å². The Morgan fingerprint density at radius 2 is 1.75 bits per heavy atom. The van der Waals surface area contributed by atoms with Crippen LogP contribution in [-0.4, -0.2) is 35.9 Å². The van der Waals surface area contributed by atoms with Crippen LogP contribution in [0.5, 0.6) is 5.75 Å². The standard InChI is InChI=1S/C25H26F5N3O3/c26-14-5-9-22(34)33(15-3-1-2-8-21-31-24(23(27)28)32-36-21)19-7-4-6-18(16-19)17-10-12-20(13-11-17)35-25(29)30/h4,6-7,10-13,16,23,25H,1-3,5,8-9,14-15H2. The molecule has 1 aromatic heterocycles. The summed E-state index contributed by atoms with van der Waals surface area (Å²) in [5.74, 6) is -0.674. The first-order valence-electron chi connectivity index (χ1n) is 11.5. The number of rotatable bonds is 14. The van der Waals surface area contributed by atoms with E-state index in [1.54, 1.807) is 35.2 Å². The average molecular weight is 511 g/mol. The highest BCUT2D eigenvalue weighted by Gasteiger charge is 2.17. The van der Waals surface area contributed by atoms with E-state index in [1.807, 2.05) is 6.07 Å². The fraction of sp³-hybridized carbons (Fsp3) is 0.400. The lowest BCUT2D eigenvalue weighted by molar-refractivity contribution is -0.118. The molecule has 0 fully saturated rings. The highest BCUT2D eigenvalue weighted by Crippen LogP contribution is 2.28. The summed E-state index contributed by atoms with van der Waals surface area (Å²) in [4.78, 5) is 18.0. The molecule has 0 spiro atoms. The van der Waals surface area contributed by atoms with Gasteiger partial charge in [0.05, 0.1) is 6.67 Å². The van der Waals surface area contributed by atoms with E-state index in [4.69, 9.17) is 4.52 Å². The normalized spacial score (nSPS) is 11.3. The van der Waals surface area contributed by atoms with Crippen LogP contribution in [0.3, 0.4) is 0 Å². The van der Waals surface area contributed by atoms with Crippen LogP contribution in [0.4, 0.5) is 27.6 Å². The summed E-state index contributed by atoms with van der Waals surface area (Å²) in [5, 5.41) is 3.22. The van der Waals surface area contributed by atoms with Gasteiger partial charge < -0.3 is 14.2 Å². The Morgan fingerprint density at radius 3 is 2.42 bits per heavy atom. The summed E-state index contributed by atoms with van der Waals surface area (Å²) in [7, 11) is 0. The van der Waals surface area contributed by atoms with Crippen molar-refractivity contribution in [2.45, 2.75) is 51.6 Å². The summed E-state index contributed by atoms with van der Waals surface area (Å²) < 4.78 is 71.8. The van der Waals surface area contributed by atoms with Gasteiger partial charge in [0, 0.05) is 25.1 Å². The summed E-state index contributed by atoms with van der Waals surface area (Å²) in [5.41, 5.74) is 2.14. The van der Waals surface area contributed by atoms with Crippen LogP contribution in [-0.2, 0) is 11.2 Å². The number of unbranched alkanes of at least 4 members (excludes halogenated alkanes) is 2. The maximum absolute atomic E-state index is 12.8. The van der Waals surface area contributed by atoms with Crippen molar-refractivity contribution in [2.75, 3.05) is 18.1 Å². The van der Waals surface area contributed by atoms with Crippen molar-refractivity contribution in [3.63, 3.8) is 0 Å². The summed E-state index contributed by atoms with van der Waals surface area (Å²) in [6.07, 6.45) is -0.388. The van der Waals surface area contributed by atoms with Gasteiger partial charge in [0.15, 0.2) is 0 Å². The third kappa shape index (κ3) is 8.03. The predicted molar refractivity (Wildman–Crippen MR) is 123 cm³/mol. The lowest BCUT2D eigenvalue weighted by Crippen LogP contribution is -2.31. The van der Waals surface area contributed by atoms with E-state index in [1.165, 1.54) is 12.1 Å². The van der Waals surface area contributed by atoms with Crippen LogP contribution in [0.15, 0.2) is 53.1 Å². The first kappa shape index (κ1) is 27.1. The van der Waals surface area contributed by atoms with Crippen LogP contribution in [0.2, 0.25) is 0 Å². The molecule has 0 saturated carbocycles. The third-order valence-corrected chi connectivity index (χ3v) is 5.35. The van der Waals surface area contributed by atoms with Gasteiger partial charge in [0.1, 0.15) is 5.75 Å². The SMILES string of the molecule is O=C(CCCF)N(CCCCCc1nc(C(F)F)no1)c1cccc(-c2ccc(OC(F)F)cc2)c1. The van der Waals surface area contributed by atoms with Gasteiger partial charge in [0.2, 0.25) is 17.6 Å². The number of aromatic nitrogens is 2. The van der Waals surface area contributed by atoms with Gasteiger partial charge in [0.25, 0.3) is 0 Å². The van der Waals surface area contributed by atoms with Gasteiger partial charge in [-0.1, -0.05) is 35.8 Å². The minimum absolute atomic E-state index is 0.0406. The van der Waals surface area contributed by atoms with Gasteiger partial charge in [-0.3, -0.25) is 9.18 Å². The van der Waals surface area contributed by atoms with E-state index >= 15 is 0 Å². The van der Waals surface area contributed by atoms with Crippen molar-refractivity contribution >= 4 is 11.6 Å². The van der Waals surface area contributed by atoms with E-state index in [2.05, 4.69) is 14.9 Å². The number of halogens is 5. The first-order chi connectivity index (χ1) is 17.4. The minimum atomic E-state index is -2.91. The Morgan fingerprint density at radius 1 is 0.972 bits per heavy atom. The average Bonchev–Trinajstić information content (AvgIpc) is 3.34. The maximum Gasteiger partial charge on any atom is 0.387 e. The number of benzene rings is 2. The zero-order valence-electron chi connectivity index (χ0n) is 19.4. The van der Waals surface area contributed by atoms with Crippen molar-refractivity contribution in [3.8, 4) is 16.9 Å². The molecule has 1 heterocycles. The number of alkyl halides is 5. The maximum atomic E-state index is 12.8. The lowest BCUT2D eigenvalue weighted by Gasteiger charge is -2.23. The second kappa shape index (κ2) is 13.6. The molecule has 0 aliphatic carbocycles. The van der Waals surface area contributed by atoms with Crippen LogP contribution < -0.4 is 9.64 Å². The number of carbonyl (C=O) groups excluding carboxylic acids is 1. The molecule has 0 N–H and O–H groups in total. The molecule has 194 valence electrons. The first-order valence-corrected chi connectivity index (χ1v) is 11.5. The van der Waals surface area contributed by atoms with Gasteiger partial charge in [-0.15, -0.1) is 0 Å². The molecule has 2 aromatic carbocycles. The molecule has 1 amide bonds. The van der Waals surface area contributed by atoms with Crippen molar-refractivity contribution in [3.05, 3.63) is 60.2 Å². The Kier molecular flexibility index (Phi) is 10.2. The second-order valence-electron chi connectivity index (χ2n) is 7.95. The fourth-order valence-electron chi connectivity index (χ4n) is 3.61. The number of nitrogens with zero attached hydrogens (tertiary/aromatic N) is 3. The van der Waals surface area contributed by atoms with Crippen LogP contribution in [0, 0.1) is 0 Å². The smallest absolute Gasteiger partial charge is 0.387 e. The van der Waals surface area contributed by atoms with E-state index in [9.17, 15) is 26.7 Å². The van der Waals surface area contributed by atoms with Crippen LogP contribution in [0.25, 0.3) is 11.1 Å². The van der Waals surface area contributed by atoms with E-state index < -0.39 is 25.5 Å². The van der Waals surface area contributed by atoms with Crippen molar-refractivity contribution < 1.29 is 36.0 Å². The van der Waals surface area contributed by atoms with Crippen LogP contribution in [0.1, 0.15) is 50.2 Å². The zero-order valence-corrected chi connectivity index (χ0v) is 19.4. The molecule has 0 radical (unpaired) electrons. The third-order valence-electron chi connectivity index (χ3n) is 5.35. The lowest BCUT2D eigenvalue weighted by atomic mass is 10.0. The van der Waals surface area contributed by atoms with E-state index in [-0.39, 0.29) is 30.4 Å². The zero-order chi connectivity index (χ0) is 25.9. The van der Waals surface area contributed by atoms with E-state index in [0.29, 0.717) is 37.9 Å².